The van der Waals surface area contributed by atoms with E-state index < -0.39 is 0 Å². The Morgan fingerprint density at radius 3 is 1.29 bits per heavy atom. The first-order valence-corrected chi connectivity index (χ1v) is 8.97. The molecule has 0 atom stereocenters. The molecule has 0 N–H and O–H groups in total. The molecule has 0 nitrogen and oxygen atoms in total. The molecule has 0 aromatic rings. The molecule has 0 bridgehead atoms. The summed E-state index contributed by atoms with van der Waals surface area (Å²) in [6.07, 6.45) is 0. The van der Waals surface area contributed by atoms with Gasteiger partial charge in [-0.2, -0.15) is 0 Å². The number of halogens is 2. The SMILES string of the molecule is CC(C)(C)P(I)I. The quantitative estimate of drug-likeness (QED) is 0.462. The molecule has 44 valence electrons. The zero-order chi connectivity index (χ0) is 6.08. The third kappa shape index (κ3) is 4.40. The molecule has 0 aromatic carbocycles. The van der Waals surface area contributed by atoms with E-state index in [0.29, 0.717) is 5.16 Å². The summed E-state index contributed by atoms with van der Waals surface area (Å²) >= 11 is 5.00. The van der Waals surface area contributed by atoms with Crippen LogP contribution >= 0.6 is 47.3 Å². The molecule has 0 saturated carbocycles. The van der Waals surface area contributed by atoms with Gasteiger partial charge in [-0.15, -0.1) is 0 Å². The first-order chi connectivity index (χ1) is 2.94. The van der Waals surface area contributed by atoms with Crippen LogP contribution in [0.25, 0.3) is 0 Å². The monoisotopic (exact) mass is 342 g/mol. The fourth-order valence-corrected chi connectivity index (χ4v) is 0. The van der Waals surface area contributed by atoms with E-state index in [9.17, 15) is 0 Å². The van der Waals surface area contributed by atoms with Crippen LogP contribution in [-0.4, -0.2) is 5.16 Å². The first kappa shape index (κ1) is 8.89. The number of hydrogen-bond donors (Lipinski definition) is 0. The second kappa shape index (κ2) is 3.16. The highest BCUT2D eigenvalue weighted by atomic mass is 127. The van der Waals surface area contributed by atoms with Crippen molar-refractivity contribution < 1.29 is 0 Å². The predicted octanol–water partition coefficient (Wildman–Crippen LogP) is 3.97. The Balaban J connectivity index is 3.54. The van der Waals surface area contributed by atoms with Crippen LogP contribution in [0.15, 0.2) is 0 Å². The highest BCUT2D eigenvalue weighted by Crippen LogP contribution is 2.63. The maximum atomic E-state index is 2.50. The van der Waals surface area contributed by atoms with E-state index in [1.54, 1.807) is 0 Å². The zero-order valence-electron chi connectivity index (χ0n) is 4.70. The summed E-state index contributed by atoms with van der Waals surface area (Å²) in [6, 6.07) is 0. The lowest BCUT2D eigenvalue weighted by Crippen LogP contribution is -2.03. The van der Waals surface area contributed by atoms with Crippen LogP contribution in [0.3, 0.4) is 0 Å². The highest BCUT2D eigenvalue weighted by Gasteiger charge is 2.17. The van der Waals surface area contributed by atoms with E-state index in [1.165, 1.54) is 0 Å². The van der Waals surface area contributed by atoms with Gasteiger partial charge in [-0.25, -0.2) is 0 Å². The summed E-state index contributed by atoms with van der Waals surface area (Å²) in [5.74, 6) is 0. The van der Waals surface area contributed by atoms with Crippen LogP contribution in [0, 0.1) is 0 Å². The average molecular weight is 342 g/mol. The second-order valence-corrected chi connectivity index (χ2v) is 15.5. The minimum absolute atomic E-state index is 0.198. The maximum Gasteiger partial charge on any atom is 0.0301 e. The van der Waals surface area contributed by atoms with Crippen molar-refractivity contribution in [3.63, 3.8) is 0 Å². The van der Waals surface area contributed by atoms with Gasteiger partial charge in [0, 0.05) is 8.36 Å². The van der Waals surface area contributed by atoms with Gasteiger partial charge in [-0.1, -0.05) is 20.8 Å². The molecular weight excluding hydrogens is 333 g/mol. The lowest BCUT2D eigenvalue weighted by Gasteiger charge is -2.18. The standard InChI is InChI=1S/C4H9I2P/c1-4(2,3)7(5)6/h1-3H3. The molecule has 0 radical (unpaired) electrons. The van der Waals surface area contributed by atoms with Crippen molar-refractivity contribution in [3.8, 4) is 0 Å². The molecular formula is C4H9I2P. The van der Waals surface area contributed by atoms with E-state index in [0.717, 1.165) is 0 Å². The summed E-state index contributed by atoms with van der Waals surface area (Å²) in [4.78, 5) is 0. The van der Waals surface area contributed by atoms with Gasteiger partial charge in [0.15, 0.2) is 0 Å². The van der Waals surface area contributed by atoms with Crippen molar-refractivity contribution in [1.82, 2.24) is 0 Å². The van der Waals surface area contributed by atoms with Crippen molar-refractivity contribution in [2.75, 3.05) is 0 Å². The number of rotatable bonds is 0. The smallest absolute Gasteiger partial charge is 0.0301 e. The second-order valence-electron chi connectivity index (χ2n) is 2.40. The van der Waals surface area contributed by atoms with Crippen molar-refractivity contribution in [2.24, 2.45) is 0 Å². The largest absolute Gasteiger partial charge is 0.0548 e. The molecule has 0 aliphatic heterocycles. The van der Waals surface area contributed by atoms with Crippen molar-refractivity contribution in [3.05, 3.63) is 0 Å². The molecule has 0 aliphatic carbocycles. The van der Waals surface area contributed by atoms with Gasteiger partial charge in [-0.3, -0.25) is 0 Å². The minimum atomic E-state index is 0.198. The van der Waals surface area contributed by atoms with Crippen LogP contribution in [-0.2, 0) is 0 Å². The molecule has 0 fully saturated rings. The van der Waals surface area contributed by atoms with Crippen LogP contribution in [0.2, 0.25) is 0 Å². The van der Waals surface area contributed by atoms with Crippen molar-refractivity contribution in [2.45, 2.75) is 25.9 Å². The van der Waals surface area contributed by atoms with Gasteiger partial charge in [0.1, 0.15) is 0 Å². The average Bonchev–Trinajstić information content (AvgIpc) is 1.31. The fraction of sp³-hybridized carbons (Fsp3) is 1.00. The Labute approximate surface area is 72.5 Å². The van der Waals surface area contributed by atoms with Gasteiger partial charge in [0.05, 0.1) is 0 Å². The van der Waals surface area contributed by atoms with Gasteiger partial charge >= 0.3 is 0 Å². The molecule has 0 spiro atoms. The maximum absolute atomic E-state index is 2.50. The van der Waals surface area contributed by atoms with Gasteiger partial charge < -0.3 is 0 Å². The first-order valence-electron chi connectivity index (χ1n) is 2.06. The lowest BCUT2D eigenvalue weighted by atomic mass is 10.3. The Bertz CT molecular complexity index is 55.2. The summed E-state index contributed by atoms with van der Waals surface area (Å²) in [5, 5.41) is 0.538. The zero-order valence-corrected chi connectivity index (χ0v) is 9.91. The molecule has 7 heavy (non-hydrogen) atoms. The molecule has 0 amide bonds. The molecule has 0 rings (SSSR count). The summed E-state index contributed by atoms with van der Waals surface area (Å²) in [6.45, 7) is 6.83. The van der Waals surface area contributed by atoms with E-state index in [2.05, 4.69) is 64.9 Å². The van der Waals surface area contributed by atoms with Crippen LogP contribution < -0.4 is 0 Å². The fourth-order valence-electron chi connectivity index (χ4n) is 0. The Kier molecular flexibility index (Phi) is 4.01. The molecule has 0 heterocycles. The van der Waals surface area contributed by atoms with E-state index in [-0.39, 0.29) is 3.21 Å². The highest BCUT2D eigenvalue weighted by molar-refractivity contribution is 14.3. The van der Waals surface area contributed by atoms with Crippen LogP contribution in [0.1, 0.15) is 20.8 Å². The summed E-state index contributed by atoms with van der Waals surface area (Å²) < 4.78 is 0.198. The van der Waals surface area contributed by atoms with Crippen LogP contribution in [0.4, 0.5) is 0 Å². The molecule has 3 heteroatoms. The van der Waals surface area contributed by atoms with Gasteiger partial charge in [0.25, 0.3) is 0 Å². The summed E-state index contributed by atoms with van der Waals surface area (Å²) in [7, 11) is 0. The molecule has 0 aromatic heterocycles. The lowest BCUT2D eigenvalue weighted by molar-refractivity contribution is 0.802. The van der Waals surface area contributed by atoms with Crippen molar-refractivity contribution >= 4 is 47.3 Å². The van der Waals surface area contributed by atoms with Gasteiger partial charge in [-0.05, 0) is 44.1 Å². The third-order valence-electron chi connectivity index (χ3n) is 0.507. The minimum Gasteiger partial charge on any atom is -0.0548 e. The molecule has 0 aliphatic rings. The normalized spacial score (nSPS) is 12.9. The third-order valence-corrected chi connectivity index (χ3v) is 10.2. The van der Waals surface area contributed by atoms with E-state index >= 15 is 0 Å². The number of hydrogen-bond acceptors (Lipinski definition) is 0. The van der Waals surface area contributed by atoms with E-state index in [4.69, 9.17) is 0 Å². The van der Waals surface area contributed by atoms with Crippen LogP contribution in [0.5, 0.6) is 0 Å². The summed E-state index contributed by atoms with van der Waals surface area (Å²) in [5.41, 5.74) is 0. The predicted molar refractivity (Wildman–Crippen MR) is 54.7 cm³/mol. The topological polar surface area (TPSA) is 0 Å². The Hall–Kier alpha value is 1.89. The van der Waals surface area contributed by atoms with Gasteiger partial charge in [0.2, 0.25) is 0 Å². The van der Waals surface area contributed by atoms with E-state index in [1.807, 2.05) is 0 Å². The Morgan fingerprint density at radius 2 is 1.29 bits per heavy atom. The van der Waals surface area contributed by atoms with Crippen molar-refractivity contribution in [1.29, 1.82) is 0 Å². The molecule has 0 unspecified atom stereocenters. The molecule has 0 saturated heterocycles. The Morgan fingerprint density at radius 1 is 1.14 bits per heavy atom.